The Morgan fingerprint density at radius 2 is 2.11 bits per heavy atom. The molecule has 1 heterocycles. The number of halogens is 1. The van der Waals surface area contributed by atoms with Crippen molar-refractivity contribution < 1.29 is 9.50 Å². The highest BCUT2D eigenvalue weighted by molar-refractivity contribution is 5.54. The maximum absolute atomic E-state index is 13.3. The monoisotopic (exact) mass is 251 g/mol. The van der Waals surface area contributed by atoms with E-state index in [0.717, 1.165) is 37.5 Å². The third-order valence-electron chi connectivity index (χ3n) is 3.80. The minimum absolute atomic E-state index is 0.280. The van der Waals surface area contributed by atoms with E-state index in [9.17, 15) is 9.50 Å². The topological polar surface area (TPSA) is 23.5 Å². The van der Waals surface area contributed by atoms with Crippen LogP contribution in [0.5, 0.6) is 0 Å². The fourth-order valence-corrected chi connectivity index (χ4v) is 2.65. The maximum atomic E-state index is 13.3. The zero-order valence-electron chi connectivity index (χ0n) is 11.2. The van der Waals surface area contributed by atoms with Crippen LogP contribution in [0, 0.1) is 11.7 Å². The highest BCUT2D eigenvalue weighted by Gasteiger charge is 2.18. The Labute approximate surface area is 108 Å². The molecule has 1 N–H and O–H groups in total. The van der Waals surface area contributed by atoms with E-state index in [-0.39, 0.29) is 5.82 Å². The molecule has 0 aliphatic carbocycles. The molecule has 0 saturated carbocycles. The van der Waals surface area contributed by atoms with Crippen LogP contribution in [0.1, 0.15) is 44.8 Å². The van der Waals surface area contributed by atoms with E-state index in [1.165, 1.54) is 18.6 Å². The molecule has 2 nitrogen and oxygen atoms in total. The Balaban J connectivity index is 2.26. The van der Waals surface area contributed by atoms with Crippen LogP contribution in [0.4, 0.5) is 10.1 Å². The van der Waals surface area contributed by atoms with Crippen molar-refractivity contribution in [3.05, 3.63) is 29.6 Å². The normalized spacial score (nSPS) is 22.7. The van der Waals surface area contributed by atoms with Crippen molar-refractivity contribution in [2.45, 2.75) is 39.2 Å². The Morgan fingerprint density at radius 1 is 1.33 bits per heavy atom. The number of hydrogen-bond acceptors (Lipinski definition) is 2. The summed E-state index contributed by atoms with van der Waals surface area (Å²) >= 11 is 0. The summed E-state index contributed by atoms with van der Waals surface area (Å²) in [5.74, 6) is 0.475. The van der Waals surface area contributed by atoms with E-state index in [1.807, 2.05) is 0 Å². The number of nitrogens with zero attached hydrogens (tertiary/aromatic N) is 1. The average molecular weight is 251 g/mol. The molecule has 0 amide bonds. The molecule has 3 heteroatoms. The number of rotatable bonds is 2. The second-order valence-electron chi connectivity index (χ2n) is 5.40. The summed E-state index contributed by atoms with van der Waals surface area (Å²) in [5.41, 5.74) is 1.69. The lowest BCUT2D eigenvalue weighted by atomic mass is 10.0. The van der Waals surface area contributed by atoms with Gasteiger partial charge in [-0.25, -0.2) is 4.39 Å². The van der Waals surface area contributed by atoms with Crippen LogP contribution in [0.15, 0.2) is 18.2 Å². The van der Waals surface area contributed by atoms with E-state index in [4.69, 9.17) is 0 Å². The number of anilines is 1. The zero-order valence-corrected chi connectivity index (χ0v) is 11.2. The van der Waals surface area contributed by atoms with Crippen molar-refractivity contribution >= 4 is 5.69 Å². The molecule has 1 saturated heterocycles. The standard InChI is InChI=1S/C15H22FNO/c1-11-4-3-8-17(9-7-11)15-6-5-13(16)10-14(15)12(2)18/h5-6,10-12,18H,3-4,7-9H2,1-2H3/t11?,12-/m1/s1. The van der Waals surface area contributed by atoms with Gasteiger partial charge in [-0.1, -0.05) is 6.92 Å². The van der Waals surface area contributed by atoms with Gasteiger partial charge in [-0.2, -0.15) is 0 Å². The van der Waals surface area contributed by atoms with E-state index in [0.29, 0.717) is 5.56 Å². The van der Waals surface area contributed by atoms with E-state index < -0.39 is 6.10 Å². The summed E-state index contributed by atoms with van der Waals surface area (Å²) in [6.45, 7) is 5.96. The Kier molecular flexibility index (Phi) is 4.23. The lowest BCUT2D eigenvalue weighted by Crippen LogP contribution is -2.25. The minimum atomic E-state index is -0.628. The van der Waals surface area contributed by atoms with Crippen LogP contribution in [0.3, 0.4) is 0 Å². The first kappa shape index (κ1) is 13.3. The highest BCUT2D eigenvalue weighted by Crippen LogP contribution is 2.30. The Hall–Kier alpha value is -1.09. The van der Waals surface area contributed by atoms with Crippen molar-refractivity contribution in [2.24, 2.45) is 5.92 Å². The molecule has 0 bridgehead atoms. The van der Waals surface area contributed by atoms with Crippen LogP contribution in [-0.4, -0.2) is 18.2 Å². The Morgan fingerprint density at radius 3 is 2.83 bits per heavy atom. The van der Waals surface area contributed by atoms with Crippen molar-refractivity contribution in [1.82, 2.24) is 0 Å². The molecule has 1 aromatic rings. The molecule has 1 aliphatic heterocycles. The quantitative estimate of drug-likeness (QED) is 0.869. The SMILES string of the molecule is CC1CCCN(c2ccc(F)cc2[C@@H](C)O)CC1. The van der Waals surface area contributed by atoms with Gasteiger partial charge in [0.1, 0.15) is 5.82 Å². The molecule has 2 atom stereocenters. The summed E-state index contributed by atoms with van der Waals surface area (Å²) in [7, 11) is 0. The van der Waals surface area contributed by atoms with Crippen LogP contribution < -0.4 is 4.90 Å². The summed E-state index contributed by atoms with van der Waals surface area (Å²) in [6, 6.07) is 4.73. The number of aliphatic hydroxyl groups excluding tert-OH is 1. The summed E-state index contributed by atoms with van der Waals surface area (Å²) in [4.78, 5) is 2.28. The Bertz CT molecular complexity index is 405. The zero-order chi connectivity index (χ0) is 13.1. The van der Waals surface area contributed by atoms with Gasteiger partial charge in [0, 0.05) is 24.3 Å². The highest BCUT2D eigenvalue weighted by atomic mass is 19.1. The van der Waals surface area contributed by atoms with Crippen LogP contribution >= 0.6 is 0 Å². The lowest BCUT2D eigenvalue weighted by Gasteiger charge is -2.26. The van der Waals surface area contributed by atoms with Gasteiger partial charge in [-0.05, 0) is 50.3 Å². The fraction of sp³-hybridized carbons (Fsp3) is 0.600. The third-order valence-corrected chi connectivity index (χ3v) is 3.80. The van der Waals surface area contributed by atoms with Crippen molar-refractivity contribution in [3.63, 3.8) is 0 Å². The molecule has 0 radical (unpaired) electrons. The molecule has 1 aliphatic rings. The van der Waals surface area contributed by atoms with Crippen LogP contribution in [0.2, 0.25) is 0 Å². The molecule has 1 fully saturated rings. The van der Waals surface area contributed by atoms with E-state index >= 15 is 0 Å². The summed E-state index contributed by atoms with van der Waals surface area (Å²) in [5, 5.41) is 9.79. The first-order valence-electron chi connectivity index (χ1n) is 6.80. The predicted molar refractivity (Wildman–Crippen MR) is 72.3 cm³/mol. The number of hydrogen-bond donors (Lipinski definition) is 1. The molecule has 100 valence electrons. The van der Waals surface area contributed by atoms with E-state index in [2.05, 4.69) is 11.8 Å². The minimum Gasteiger partial charge on any atom is -0.389 e. The lowest BCUT2D eigenvalue weighted by molar-refractivity contribution is 0.199. The summed E-state index contributed by atoms with van der Waals surface area (Å²) in [6.07, 6.45) is 2.95. The second-order valence-corrected chi connectivity index (χ2v) is 5.40. The second kappa shape index (κ2) is 5.70. The molecule has 18 heavy (non-hydrogen) atoms. The molecule has 0 aromatic heterocycles. The molecule has 0 spiro atoms. The van der Waals surface area contributed by atoms with Crippen molar-refractivity contribution in [3.8, 4) is 0 Å². The van der Waals surface area contributed by atoms with E-state index in [1.54, 1.807) is 13.0 Å². The van der Waals surface area contributed by atoms with Gasteiger partial charge in [0.25, 0.3) is 0 Å². The van der Waals surface area contributed by atoms with Gasteiger partial charge in [-0.3, -0.25) is 0 Å². The molecular weight excluding hydrogens is 229 g/mol. The smallest absolute Gasteiger partial charge is 0.123 e. The fourth-order valence-electron chi connectivity index (χ4n) is 2.65. The molecule has 1 unspecified atom stereocenters. The average Bonchev–Trinajstić information content (AvgIpc) is 2.54. The first-order chi connectivity index (χ1) is 8.58. The largest absolute Gasteiger partial charge is 0.389 e. The number of aliphatic hydroxyl groups is 1. The maximum Gasteiger partial charge on any atom is 0.123 e. The van der Waals surface area contributed by atoms with Crippen molar-refractivity contribution in [2.75, 3.05) is 18.0 Å². The van der Waals surface area contributed by atoms with Crippen LogP contribution in [-0.2, 0) is 0 Å². The van der Waals surface area contributed by atoms with Gasteiger partial charge in [-0.15, -0.1) is 0 Å². The molecule has 2 rings (SSSR count). The summed E-state index contributed by atoms with van der Waals surface area (Å²) < 4.78 is 13.3. The van der Waals surface area contributed by atoms with Gasteiger partial charge in [0.15, 0.2) is 0 Å². The first-order valence-corrected chi connectivity index (χ1v) is 6.80. The van der Waals surface area contributed by atoms with Gasteiger partial charge in [0.2, 0.25) is 0 Å². The molecular formula is C15H22FNO. The predicted octanol–water partition coefficient (Wildman–Crippen LogP) is 3.51. The van der Waals surface area contributed by atoms with Gasteiger partial charge in [0.05, 0.1) is 6.10 Å². The van der Waals surface area contributed by atoms with Crippen molar-refractivity contribution in [1.29, 1.82) is 0 Å². The third kappa shape index (κ3) is 3.02. The molecule has 1 aromatic carbocycles. The van der Waals surface area contributed by atoms with Gasteiger partial charge >= 0.3 is 0 Å². The van der Waals surface area contributed by atoms with Gasteiger partial charge < -0.3 is 10.0 Å². The van der Waals surface area contributed by atoms with Crippen LogP contribution in [0.25, 0.3) is 0 Å². The number of benzene rings is 1.